The van der Waals surface area contributed by atoms with Crippen molar-refractivity contribution in [3.8, 4) is 11.1 Å². The number of hydroxylamine groups is 1. The molecule has 1 fully saturated rings. The second kappa shape index (κ2) is 20.1. The van der Waals surface area contributed by atoms with E-state index in [1.807, 2.05) is 98.9 Å². The summed E-state index contributed by atoms with van der Waals surface area (Å²) in [5.74, 6) is -0.390. The third-order valence-electron chi connectivity index (χ3n) is 10.0. The van der Waals surface area contributed by atoms with Gasteiger partial charge in [0.2, 0.25) is 11.8 Å². The van der Waals surface area contributed by atoms with E-state index in [0.29, 0.717) is 32.4 Å². The second-order valence-corrected chi connectivity index (χ2v) is 13.9. The average Bonchev–Trinajstić information content (AvgIpc) is 3.21. The van der Waals surface area contributed by atoms with Crippen molar-refractivity contribution in [3.05, 3.63) is 131 Å². The number of carbonyl (C=O) groups is 2. The Morgan fingerprint density at radius 2 is 1.47 bits per heavy atom. The molecule has 0 aliphatic carbocycles. The fraction of sp³-hybridized carbons (Fsp3) is 0.395. The standard InChI is InChI=1S/C43H53N3O7/c1-30(42(50)35-12-6-5-7-13-35)46(2)28-38-26-39(34-19-17-31(29-47)18-20-34)53-43(52-38)36-23-21-33(22-24-36)37-14-10-11-32(25-37)27-44-40(48)15-8-3-4-9-16-41(49)45-51/h5-7,10-14,17-25,30,38-39,42-43,47,50-51H,3-4,8-9,15-16,26-29H2,1-2H3,(H,44,48)(H,45,49)/t30-,38-,39+,42-,43+/m0/s1. The molecule has 1 aliphatic rings. The number of rotatable bonds is 18. The van der Waals surface area contributed by atoms with Crippen LogP contribution in [0.1, 0.15) is 98.2 Å². The van der Waals surface area contributed by atoms with Crippen LogP contribution < -0.4 is 10.8 Å². The van der Waals surface area contributed by atoms with Crippen LogP contribution in [0.25, 0.3) is 11.1 Å². The zero-order valence-corrected chi connectivity index (χ0v) is 30.7. The molecule has 0 saturated carbocycles. The number of benzene rings is 4. The third-order valence-corrected chi connectivity index (χ3v) is 10.0. The van der Waals surface area contributed by atoms with E-state index in [0.717, 1.165) is 58.2 Å². The molecular weight excluding hydrogens is 670 g/mol. The Morgan fingerprint density at radius 1 is 0.792 bits per heavy atom. The van der Waals surface area contributed by atoms with Gasteiger partial charge in [-0.3, -0.25) is 19.7 Å². The van der Waals surface area contributed by atoms with E-state index in [-0.39, 0.29) is 43.1 Å². The predicted octanol–water partition coefficient (Wildman–Crippen LogP) is 6.91. The van der Waals surface area contributed by atoms with E-state index in [4.69, 9.17) is 14.7 Å². The van der Waals surface area contributed by atoms with Gasteiger partial charge in [-0.25, -0.2) is 5.48 Å². The lowest BCUT2D eigenvalue weighted by molar-refractivity contribution is -0.253. The number of aliphatic hydroxyl groups excluding tert-OH is 2. The molecule has 5 N–H and O–H groups in total. The lowest BCUT2D eigenvalue weighted by atomic mass is 9.98. The summed E-state index contributed by atoms with van der Waals surface area (Å²) in [7, 11) is 2.01. The van der Waals surface area contributed by atoms with Crippen LogP contribution in [0, 0.1) is 0 Å². The minimum absolute atomic E-state index is 0.00527. The topological polar surface area (TPSA) is 141 Å². The molecule has 0 spiro atoms. The summed E-state index contributed by atoms with van der Waals surface area (Å²) in [6.07, 6.45) is 2.83. The van der Waals surface area contributed by atoms with Crippen LogP contribution in [-0.4, -0.2) is 57.9 Å². The summed E-state index contributed by atoms with van der Waals surface area (Å²) in [6, 6.07) is 33.7. The monoisotopic (exact) mass is 723 g/mol. The van der Waals surface area contributed by atoms with Crippen molar-refractivity contribution in [3.63, 3.8) is 0 Å². The average molecular weight is 724 g/mol. The molecular formula is C43H53N3O7. The number of carbonyl (C=O) groups excluding carboxylic acids is 2. The molecule has 0 radical (unpaired) electrons. The Kier molecular flexibility index (Phi) is 15.1. The van der Waals surface area contributed by atoms with E-state index in [9.17, 15) is 19.8 Å². The normalized spacial score (nSPS) is 18.3. The van der Waals surface area contributed by atoms with Crippen LogP contribution in [0.4, 0.5) is 0 Å². The van der Waals surface area contributed by atoms with Crippen molar-refractivity contribution in [2.24, 2.45) is 0 Å². The molecule has 282 valence electrons. The number of nitrogens with zero attached hydrogens (tertiary/aromatic N) is 1. The quantitative estimate of drug-likeness (QED) is 0.0424. The van der Waals surface area contributed by atoms with E-state index in [1.54, 1.807) is 5.48 Å². The van der Waals surface area contributed by atoms with Crippen molar-refractivity contribution < 1.29 is 34.5 Å². The van der Waals surface area contributed by atoms with Gasteiger partial charge >= 0.3 is 0 Å². The first kappa shape index (κ1) is 39.8. The number of amides is 2. The van der Waals surface area contributed by atoms with Gasteiger partial charge in [-0.1, -0.05) is 110 Å². The minimum atomic E-state index is -0.641. The summed E-state index contributed by atoms with van der Waals surface area (Å²) in [4.78, 5) is 25.7. The van der Waals surface area contributed by atoms with Crippen LogP contribution in [0.3, 0.4) is 0 Å². The molecule has 10 nitrogen and oxygen atoms in total. The molecule has 0 unspecified atom stereocenters. The Hall–Kier alpha value is -4.42. The number of likely N-dealkylation sites (N-methyl/N-ethyl adjacent to an activating group) is 1. The molecule has 1 aliphatic heterocycles. The largest absolute Gasteiger partial charge is 0.392 e. The van der Waals surface area contributed by atoms with Crippen LogP contribution in [0.5, 0.6) is 0 Å². The summed E-state index contributed by atoms with van der Waals surface area (Å²) < 4.78 is 13.2. The molecule has 5 rings (SSSR count). The maximum absolute atomic E-state index is 12.4. The molecule has 4 aromatic carbocycles. The van der Waals surface area contributed by atoms with E-state index in [2.05, 4.69) is 28.4 Å². The number of hydrogen-bond donors (Lipinski definition) is 5. The number of unbranched alkanes of at least 4 members (excludes halogenated alkanes) is 3. The summed E-state index contributed by atoms with van der Waals surface area (Å²) in [5.41, 5.74) is 8.34. The SMILES string of the molecule is C[C@@H]([C@H](O)c1ccccc1)N(C)C[C@@H]1C[C@H](c2ccc(CO)cc2)O[C@H](c2ccc(-c3cccc(CNC(=O)CCCCCCC(=O)NO)c3)cc2)O1. The van der Waals surface area contributed by atoms with Gasteiger partial charge in [0.25, 0.3) is 0 Å². The zero-order chi connectivity index (χ0) is 37.6. The third kappa shape index (κ3) is 11.8. The first-order chi connectivity index (χ1) is 25.7. The number of aliphatic hydroxyl groups is 2. The smallest absolute Gasteiger partial charge is 0.243 e. The highest BCUT2D eigenvalue weighted by Gasteiger charge is 2.34. The van der Waals surface area contributed by atoms with Crippen LogP contribution in [0.15, 0.2) is 103 Å². The van der Waals surface area contributed by atoms with Gasteiger partial charge in [0.1, 0.15) is 0 Å². The molecule has 2 amide bonds. The maximum Gasteiger partial charge on any atom is 0.243 e. The zero-order valence-electron chi connectivity index (χ0n) is 30.7. The lowest BCUT2D eigenvalue weighted by Gasteiger charge is -2.39. The van der Waals surface area contributed by atoms with Crippen LogP contribution in [-0.2, 0) is 32.2 Å². The van der Waals surface area contributed by atoms with E-state index >= 15 is 0 Å². The van der Waals surface area contributed by atoms with Gasteiger partial charge in [0.05, 0.1) is 24.9 Å². The van der Waals surface area contributed by atoms with Gasteiger partial charge in [-0.2, -0.15) is 0 Å². The molecule has 1 saturated heterocycles. The first-order valence-electron chi connectivity index (χ1n) is 18.6. The van der Waals surface area contributed by atoms with E-state index in [1.165, 1.54) is 0 Å². The molecule has 53 heavy (non-hydrogen) atoms. The van der Waals surface area contributed by atoms with Gasteiger partial charge in [0, 0.05) is 44.0 Å². The molecule has 5 atom stereocenters. The summed E-state index contributed by atoms with van der Waals surface area (Å²) in [6.45, 7) is 3.04. The Labute approximate surface area is 312 Å². The Balaban J connectivity index is 1.21. The number of hydrogen-bond acceptors (Lipinski definition) is 8. The summed E-state index contributed by atoms with van der Waals surface area (Å²) in [5, 5.41) is 32.3. The first-order valence-corrected chi connectivity index (χ1v) is 18.6. The van der Waals surface area contributed by atoms with E-state index < -0.39 is 12.4 Å². The highest BCUT2D eigenvalue weighted by atomic mass is 16.7. The second-order valence-electron chi connectivity index (χ2n) is 13.9. The predicted molar refractivity (Wildman–Crippen MR) is 203 cm³/mol. The lowest BCUT2D eigenvalue weighted by Crippen LogP contribution is -2.43. The maximum atomic E-state index is 12.4. The van der Waals surface area contributed by atoms with Gasteiger partial charge in [-0.05, 0) is 66.3 Å². The number of nitrogens with one attached hydrogen (secondary N) is 2. The highest BCUT2D eigenvalue weighted by molar-refractivity contribution is 5.76. The molecule has 0 bridgehead atoms. The Bertz CT molecular complexity index is 1720. The van der Waals surface area contributed by atoms with Gasteiger partial charge in [0.15, 0.2) is 6.29 Å². The van der Waals surface area contributed by atoms with Crippen LogP contribution >= 0.6 is 0 Å². The van der Waals surface area contributed by atoms with Gasteiger partial charge in [-0.15, -0.1) is 0 Å². The van der Waals surface area contributed by atoms with Crippen molar-refractivity contribution in [1.29, 1.82) is 0 Å². The number of ether oxygens (including phenoxy) is 2. The van der Waals surface area contributed by atoms with Crippen molar-refractivity contribution in [2.75, 3.05) is 13.6 Å². The molecule has 4 aromatic rings. The molecule has 0 aromatic heterocycles. The Morgan fingerprint density at radius 3 is 2.15 bits per heavy atom. The van der Waals surface area contributed by atoms with Crippen molar-refractivity contribution >= 4 is 11.8 Å². The van der Waals surface area contributed by atoms with Crippen molar-refractivity contribution in [1.82, 2.24) is 15.7 Å². The minimum Gasteiger partial charge on any atom is -0.392 e. The fourth-order valence-corrected chi connectivity index (χ4v) is 6.65. The van der Waals surface area contributed by atoms with Crippen LogP contribution in [0.2, 0.25) is 0 Å². The fourth-order valence-electron chi connectivity index (χ4n) is 6.65. The van der Waals surface area contributed by atoms with Gasteiger partial charge < -0.3 is 25.0 Å². The molecule has 1 heterocycles. The van der Waals surface area contributed by atoms with Crippen molar-refractivity contribution in [2.45, 2.75) is 95.7 Å². The molecule has 10 heteroatoms. The highest BCUT2D eigenvalue weighted by Crippen LogP contribution is 2.39. The summed E-state index contributed by atoms with van der Waals surface area (Å²) >= 11 is 0.